The fourth-order valence-corrected chi connectivity index (χ4v) is 1.17. The molecule has 76 valence electrons. The number of aliphatic hydroxyl groups is 1. The average molecular weight is 197 g/mol. The van der Waals surface area contributed by atoms with Crippen LogP contribution in [-0.4, -0.2) is 28.3 Å². The number of nitrogens with zero attached hydrogens (tertiary/aromatic N) is 1. The highest BCUT2D eigenvalue weighted by atomic mass is 16.5. The molecule has 1 amide bonds. The summed E-state index contributed by atoms with van der Waals surface area (Å²) in [7, 11) is 0. The fraction of sp³-hybridized carbons (Fsp3) is 0.500. The Morgan fingerprint density at radius 3 is 2.93 bits per heavy atom. The number of rotatable bonds is 3. The van der Waals surface area contributed by atoms with Gasteiger partial charge >= 0.3 is 0 Å². The lowest BCUT2D eigenvalue weighted by Gasteiger charge is -2.12. The highest BCUT2D eigenvalue weighted by molar-refractivity contribution is 5.93. The molecule has 1 saturated carbocycles. The summed E-state index contributed by atoms with van der Waals surface area (Å²) in [6.45, 7) is -0.0495. The lowest BCUT2D eigenvalue weighted by atomic mass is 10.2. The van der Waals surface area contributed by atoms with Crippen LogP contribution in [0.5, 0.6) is 0 Å². The highest BCUT2D eigenvalue weighted by Gasteiger charge is 2.43. The molecule has 6 heteroatoms. The fourth-order valence-electron chi connectivity index (χ4n) is 1.17. The third-order valence-electron chi connectivity index (χ3n) is 2.30. The molecule has 4 N–H and O–H groups in total. The molecule has 14 heavy (non-hydrogen) atoms. The minimum Gasteiger partial charge on any atom is -0.394 e. The number of nitrogens with two attached hydrogens (primary N) is 1. The molecule has 0 spiro atoms. The van der Waals surface area contributed by atoms with Crippen molar-refractivity contribution in [2.75, 3.05) is 12.3 Å². The summed E-state index contributed by atoms with van der Waals surface area (Å²) in [5.74, 6) is -0.263. The second-order valence-corrected chi connectivity index (χ2v) is 3.51. The summed E-state index contributed by atoms with van der Waals surface area (Å²) in [5, 5.41) is 15.1. The smallest absolute Gasteiger partial charge is 0.274 e. The van der Waals surface area contributed by atoms with E-state index in [2.05, 4.69) is 15.0 Å². The molecule has 1 aliphatic rings. The average Bonchev–Trinajstić information content (AvgIpc) is 2.80. The lowest BCUT2D eigenvalue weighted by molar-refractivity contribution is 0.0897. The quantitative estimate of drug-likeness (QED) is 0.607. The minimum absolute atomic E-state index is 0.0495. The van der Waals surface area contributed by atoms with Gasteiger partial charge in [-0.05, 0) is 12.8 Å². The molecule has 2 rings (SSSR count). The molecule has 1 aliphatic carbocycles. The summed E-state index contributed by atoms with van der Waals surface area (Å²) in [6, 6.07) is 1.35. The zero-order valence-corrected chi connectivity index (χ0v) is 7.49. The molecule has 0 radical (unpaired) electrons. The normalized spacial score (nSPS) is 17.8. The van der Waals surface area contributed by atoms with Crippen LogP contribution in [0.15, 0.2) is 10.6 Å². The standard InChI is InChI=1S/C8H11N3O3/c9-6-3-5(11-14-6)7(13)10-8(4-12)1-2-8/h3,12H,1-2,4,9H2,(H,10,13). The Bertz CT molecular complexity index is 356. The van der Waals surface area contributed by atoms with Gasteiger partial charge in [-0.1, -0.05) is 5.16 Å². The number of carbonyl (C=O) groups is 1. The number of aromatic nitrogens is 1. The van der Waals surface area contributed by atoms with Crippen LogP contribution < -0.4 is 11.1 Å². The zero-order valence-electron chi connectivity index (χ0n) is 7.49. The van der Waals surface area contributed by atoms with Gasteiger partial charge in [0.05, 0.1) is 12.1 Å². The number of nitrogens with one attached hydrogen (secondary N) is 1. The molecule has 1 aromatic rings. The van der Waals surface area contributed by atoms with Gasteiger partial charge in [0.2, 0.25) is 5.88 Å². The Morgan fingerprint density at radius 1 is 1.79 bits per heavy atom. The Hall–Kier alpha value is -1.56. The van der Waals surface area contributed by atoms with Gasteiger partial charge in [-0.2, -0.15) is 0 Å². The molecule has 0 aromatic carbocycles. The van der Waals surface area contributed by atoms with E-state index in [0.29, 0.717) is 0 Å². The van der Waals surface area contributed by atoms with Crippen LogP contribution in [0.25, 0.3) is 0 Å². The molecule has 1 heterocycles. The number of amides is 1. The Balaban J connectivity index is 2.03. The summed E-state index contributed by atoms with van der Waals surface area (Å²) >= 11 is 0. The third-order valence-corrected chi connectivity index (χ3v) is 2.30. The maximum absolute atomic E-state index is 11.5. The largest absolute Gasteiger partial charge is 0.394 e. The first-order valence-electron chi connectivity index (χ1n) is 4.31. The first-order chi connectivity index (χ1) is 6.65. The summed E-state index contributed by atoms with van der Waals surface area (Å²) in [6.07, 6.45) is 1.59. The Morgan fingerprint density at radius 2 is 2.50 bits per heavy atom. The molecule has 0 bridgehead atoms. The van der Waals surface area contributed by atoms with Crippen molar-refractivity contribution >= 4 is 11.8 Å². The van der Waals surface area contributed by atoms with E-state index < -0.39 is 5.54 Å². The second-order valence-electron chi connectivity index (χ2n) is 3.51. The number of anilines is 1. The van der Waals surface area contributed by atoms with Gasteiger partial charge in [0.1, 0.15) is 0 Å². The zero-order chi connectivity index (χ0) is 10.2. The number of nitrogen functional groups attached to an aromatic ring is 1. The van der Waals surface area contributed by atoms with E-state index in [-0.39, 0.29) is 24.1 Å². The van der Waals surface area contributed by atoms with Crippen LogP contribution in [0.1, 0.15) is 23.3 Å². The molecule has 0 saturated heterocycles. The van der Waals surface area contributed by atoms with Crippen molar-refractivity contribution in [1.82, 2.24) is 10.5 Å². The van der Waals surface area contributed by atoms with Crippen LogP contribution >= 0.6 is 0 Å². The van der Waals surface area contributed by atoms with Crippen molar-refractivity contribution in [2.24, 2.45) is 0 Å². The van der Waals surface area contributed by atoms with Crippen LogP contribution in [0.4, 0.5) is 5.88 Å². The molecule has 0 aliphatic heterocycles. The van der Waals surface area contributed by atoms with Crippen molar-refractivity contribution < 1.29 is 14.4 Å². The summed E-state index contributed by atoms with van der Waals surface area (Å²) in [5.41, 5.74) is 4.97. The molecular weight excluding hydrogens is 186 g/mol. The number of aliphatic hydroxyl groups excluding tert-OH is 1. The maximum Gasteiger partial charge on any atom is 0.274 e. The molecular formula is C8H11N3O3. The summed E-state index contributed by atoms with van der Waals surface area (Å²) in [4.78, 5) is 11.5. The van der Waals surface area contributed by atoms with Crippen LogP contribution in [0.2, 0.25) is 0 Å². The second kappa shape index (κ2) is 2.98. The minimum atomic E-state index is -0.440. The molecule has 1 aromatic heterocycles. The lowest BCUT2D eigenvalue weighted by Crippen LogP contribution is -2.39. The van der Waals surface area contributed by atoms with Crippen molar-refractivity contribution in [2.45, 2.75) is 18.4 Å². The van der Waals surface area contributed by atoms with Crippen LogP contribution in [0.3, 0.4) is 0 Å². The van der Waals surface area contributed by atoms with Gasteiger partial charge in [-0.25, -0.2) is 0 Å². The number of carbonyl (C=O) groups excluding carboxylic acids is 1. The third kappa shape index (κ3) is 1.56. The van der Waals surface area contributed by atoms with E-state index in [4.69, 9.17) is 10.8 Å². The van der Waals surface area contributed by atoms with Gasteiger partial charge in [-0.15, -0.1) is 0 Å². The Labute approximate surface area is 80.1 Å². The SMILES string of the molecule is Nc1cc(C(=O)NC2(CO)CC2)no1. The van der Waals surface area contributed by atoms with Gasteiger partial charge in [0, 0.05) is 6.07 Å². The predicted octanol–water partition coefficient (Wildman–Crippen LogP) is -0.489. The molecule has 0 unspecified atom stereocenters. The van der Waals surface area contributed by atoms with Gasteiger partial charge in [-0.3, -0.25) is 4.79 Å². The van der Waals surface area contributed by atoms with Crippen molar-refractivity contribution in [3.8, 4) is 0 Å². The van der Waals surface area contributed by atoms with E-state index in [1.54, 1.807) is 0 Å². The topological polar surface area (TPSA) is 101 Å². The first kappa shape index (κ1) is 9.01. The van der Waals surface area contributed by atoms with Gasteiger partial charge in [0.25, 0.3) is 5.91 Å². The van der Waals surface area contributed by atoms with Crippen LogP contribution in [0, 0.1) is 0 Å². The van der Waals surface area contributed by atoms with E-state index >= 15 is 0 Å². The van der Waals surface area contributed by atoms with Gasteiger partial charge in [0.15, 0.2) is 5.69 Å². The van der Waals surface area contributed by atoms with Crippen molar-refractivity contribution in [1.29, 1.82) is 0 Å². The highest BCUT2D eigenvalue weighted by Crippen LogP contribution is 2.34. The molecule has 1 fully saturated rings. The van der Waals surface area contributed by atoms with E-state index in [9.17, 15) is 4.79 Å². The maximum atomic E-state index is 11.5. The monoisotopic (exact) mass is 197 g/mol. The Kier molecular flexibility index (Phi) is 1.92. The summed E-state index contributed by atoms with van der Waals surface area (Å²) < 4.78 is 4.56. The van der Waals surface area contributed by atoms with E-state index in [0.717, 1.165) is 12.8 Å². The van der Waals surface area contributed by atoms with Gasteiger partial charge < -0.3 is 20.7 Å². The first-order valence-corrected chi connectivity index (χ1v) is 4.31. The number of hydrogen-bond acceptors (Lipinski definition) is 5. The van der Waals surface area contributed by atoms with Crippen LogP contribution in [-0.2, 0) is 0 Å². The van der Waals surface area contributed by atoms with E-state index in [1.165, 1.54) is 6.07 Å². The number of hydrogen-bond donors (Lipinski definition) is 3. The van der Waals surface area contributed by atoms with Crippen molar-refractivity contribution in [3.63, 3.8) is 0 Å². The molecule has 0 atom stereocenters. The predicted molar refractivity (Wildman–Crippen MR) is 47.4 cm³/mol. The van der Waals surface area contributed by atoms with E-state index in [1.807, 2.05) is 0 Å². The van der Waals surface area contributed by atoms with Crippen molar-refractivity contribution in [3.05, 3.63) is 11.8 Å². The molecule has 6 nitrogen and oxygen atoms in total.